The molecule has 0 saturated carbocycles. The van der Waals surface area contributed by atoms with Gasteiger partial charge in [-0.1, -0.05) is 0 Å². The van der Waals surface area contributed by atoms with Crippen LogP contribution in [0.4, 0.5) is 5.82 Å². The quantitative estimate of drug-likeness (QED) is 0.628. The molecule has 0 radical (unpaired) electrons. The standard InChI is InChI=1S/C10H8N6O/c11-9-7-4-15-16(10(7)14-5-13-9)6-1-2-12-8(17)3-6/h1-5H,(H,12,17)(H2,11,13,14). The molecular formula is C10H8N6O. The summed E-state index contributed by atoms with van der Waals surface area (Å²) in [6.07, 6.45) is 4.45. The first-order valence-corrected chi connectivity index (χ1v) is 4.85. The van der Waals surface area contributed by atoms with Crippen LogP contribution in [0.1, 0.15) is 0 Å². The van der Waals surface area contributed by atoms with Gasteiger partial charge >= 0.3 is 0 Å². The van der Waals surface area contributed by atoms with E-state index in [1.54, 1.807) is 16.9 Å². The van der Waals surface area contributed by atoms with Crippen molar-refractivity contribution in [2.45, 2.75) is 0 Å². The lowest BCUT2D eigenvalue weighted by molar-refractivity contribution is 0.453. The van der Waals surface area contributed by atoms with Crippen LogP contribution in [0.25, 0.3) is 16.7 Å². The van der Waals surface area contributed by atoms with E-state index >= 15 is 0 Å². The van der Waals surface area contributed by atoms with Gasteiger partial charge in [-0.15, -0.1) is 0 Å². The monoisotopic (exact) mass is 228 g/mol. The van der Waals surface area contributed by atoms with Crippen molar-refractivity contribution in [3.8, 4) is 11.6 Å². The molecule has 3 rings (SSSR count). The van der Waals surface area contributed by atoms with Crippen molar-refractivity contribution >= 4 is 16.9 Å². The summed E-state index contributed by atoms with van der Waals surface area (Å²) in [6.45, 7) is 0. The van der Waals surface area contributed by atoms with Crippen LogP contribution in [-0.2, 0) is 0 Å². The van der Waals surface area contributed by atoms with Gasteiger partial charge in [-0.25, -0.2) is 19.6 Å². The Morgan fingerprint density at radius 2 is 2.12 bits per heavy atom. The van der Waals surface area contributed by atoms with Gasteiger partial charge in [0.2, 0.25) is 5.88 Å². The lowest BCUT2D eigenvalue weighted by Crippen LogP contribution is -1.99. The smallest absolute Gasteiger partial charge is 0.212 e. The van der Waals surface area contributed by atoms with E-state index in [1.807, 2.05) is 0 Å². The molecule has 3 heterocycles. The van der Waals surface area contributed by atoms with Crippen LogP contribution in [0.5, 0.6) is 5.88 Å². The van der Waals surface area contributed by atoms with Crippen LogP contribution in [0.15, 0.2) is 30.9 Å². The first-order valence-electron chi connectivity index (χ1n) is 4.85. The van der Waals surface area contributed by atoms with E-state index < -0.39 is 0 Å². The third-order valence-corrected chi connectivity index (χ3v) is 2.37. The highest BCUT2D eigenvalue weighted by atomic mass is 16.3. The van der Waals surface area contributed by atoms with Crippen molar-refractivity contribution < 1.29 is 5.11 Å². The Labute approximate surface area is 95.6 Å². The molecule has 0 amide bonds. The fraction of sp³-hybridized carbons (Fsp3) is 0. The molecule has 0 aliphatic rings. The molecule has 7 heteroatoms. The number of rotatable bonds is 1. The first-order chi connectivity index (χ1) is 8.25. The highest BCUT2D eigenvalue weighted by molar-refractivity contribution is 5.85. The maximum absolute atomic E-state index is 9.33. The molecular weight excluding hydrogens is 220 g/mol. The van der Waals surface area contributed by atoms with Crippen molar-refractivity contribution in [2.75, 3.05) is 5.73 Å². The number of pyridine rings is 1. The molecule has 3 aromatic rings. The number of fused-ring (bicyclic) bond motifs is 1. The van der Waals surface area contributed by atoms with Gasteiger partial charge in [0.05, 0.1) is 17.3 Å². The lowest BCUT2D eigenvalue weighted by atomic mass is 10.4. The van der Waals surface area contributed by atoms with Crippen molar-refractivity contribution in [3.05, 3.63) is 30.9 Å². The molecule has 0 bridgehead atoms. The number of aromatic hydroxyl groups is 1. The van der Waals surface area contributed by atoms with E-state index in [0.717, 1.165) is 0 Å². The molecule has 3 N–H and O–H groups in total. The maximum Gasteiger partial charge on any atom is 0.212 e. The minimum absolute atomic E-state index is 0.0758. The first kappa shape index (κ1) is 9.52. The zero-order chi connectivity index (χ0) is 11.8. The van der Waals surface area contributed by atoms with Gasteiger partial charge in [0.1, 0.15) is 12.1 Å². The molecule has 0 unspecified atom stereocenters. The summed E-state index contributed by atoms with van der Waals surface area (Å²) in [7, 11) is 0. The van der Waals surface area contributed by atoms with E-state index in [1.165, 1.54) is 18.6 Å². The fourth-order valence-electron chi connectivity index (χ4n) is 1.59. The summed E-state index contributed by atoms with van der Waals surface area (Å²) < 4.78 is 1.56. The predicted octanol–water partition coefficient (Wildman–Crippen LogP) is 0.498. The Morgan fingerprint density at radius 3 is 2.94 bits per heavy atom. The Bertz CT molecular complexity index is 692. The van der Waals surface area contributed by atoms with Gasteiger partial charge in [0.25, 0.3) is 0 Å². The molecule has 0 atom stereocenters. The van der Waals surface area contributed by atoms with Crippen LogP contribution in [-0.4, -0.2) is 29.8 Å². The highest BCUT2D eigenvalue weighted by Crippen LogP contribution is 2.20. The van der Waals surface area contributed by atoms with Crippen LogP contribution in [0.3, 0.4) is 0 Å². The molecule has 17 heavy (non-hydrogen) atoms. The second kappa shape index (κ2) is 3.41. The van der Waals surface area contributed by atoms with Crippen LogP contribution >= 0.6 is 0 Å². The Kier molecular flexibility index (Phi) is 1.91. The average molecular weight is 228 g/mol. The zero-order valence-corrected chi connectivity index (χ0v) is 8.65. The summed E-state index contributed by atoms with van der Waals surface area (Å²) in [4.78, 5) is 11.7. The average Bonchev–Trinajstić information content (AvgIpc) is 2.74. The molecule has 84 valence electrons. The Hall–Kier alpha value is -2.70. The van der Waals surface area contributed by atoms with Crippen molar-refractivity contribution in [2.24, 2.45) is 0 Å². The number of nitrogens with zero attached hydrogens (tertiary/aromatic N) is 5. The van der Waals surface area contributed by atoms with Gasteiger partial charge in [0, 0.05) is 12.3 Å². The molecule has 0 spiro atoms. The SMILES string of the molecule is Nc1ncnc2c1cnn2-c1ccnc(O)c1. The van der Waals surface area contributed by atoms with E-state index in [0.29, 0.717) is 22.5 Å². The maximum atomic E-state index is 9.33. The molecule has 0 aromatic carbocycles. The molecule has 0 saturated heterocycles. The van der Waals surface area contributed by atoms with E-state index in [4.69, 9.17) is 5.73 Å². The van der Waals surface area contributed by atoms with Crippen molar-refractivity contribution in [1.82, 2.24) is 24.7 Å². The number of anilines is 1. The second-order valence-electron chi connectivity index (χ2n) is 3.42. The van der Waals surface area contributed by atoms with Gasteiger partial charge in [0.15, 0.2) is 5.65 Å². The topological polar surface area (TPSA) is 103 Å². The van der Waals surface area contributed by atoms with Crippen molar-refractivity contribution in [1.29, 1.82) is 0 Å². The second-order valence-corrected chi connectivity index (χ2v) is 3.42. The molecule has 0 aliphatic heterocycles. The number of nitrogens with two attached hydrogens (primary N) is 1. The molecule has 7 nitrogen and oxygen atoms in total. The third-order valence-electron chi connectivity index (χ3n) is 2.37. The van der Waals surface area contributed by atoms with Gasteiger partial charge in [-0.3, -0.25) is 0 Å². The third kappa shape index (κ3) is 1.44. The van der Waals surface area contributed by atoms with E-state index in [9.17, 15) is 5.11 Å². The van der Waals surface area contributed by atoms with Crippen LogP contribution < -0.4 is 5.73 Å². The lowest BCUT2D eigenvalue weighted by Gasteiger charge is -2.02. The number of hydrogen-bond acceptors (Lipinski definition) is 6. The van der Waals surface area contributed by atoms with Gasteiger partial charge in [-0.05, 0) is 6.07 Å². The molecule has 0 aliphatic carbocycles. The molecule has 0 fully saturated rings. The van der Waals surface area contributed by atoms with E-state index in [2.05, 4.69) is 20.1 Å². The number of aromatic nitrogens is 5. The van der Waals surface area contributed by atoms with Gasteiger partial charge in [-0.2, -0.15) is 5.10 Å². The minimum atomic E-state index is -0.0758. The summed E-state index contributed by atoms with van der Waals surface area (Å²) >= 11 is 0. The largest absolute Gasteiger partial charge is 0.493 e. The molecule has 3 aromatic heterocycles. The Morgan fingerprint density at radius 1 is 1.24 bits per heavy atom. The fourth-order valence-corrected chi connectivity index (χ4v) is 1.59. The normalized spacial score (nSPS) is 10.8. The summed E-state index contributed by atoms with van der Waals surface area (Å²) in [6, 6.07) is 3.20. The van der Waals surface area contributed by atoms with Gasteiger partial charge < -0.3 is 10.8 Å². The van der Waals surface area contributed by atoms with Crippen LogP contribution in [0, 0.1) is 0 Å². The number of hydrogen-bond donors (Lipinski definition) is 2. The summed E-state index contributed by atoms with van der Waals surface area (Å²) in [5, 5.41) is 14.2. The number of nitrogen functional groups attached to an aromatic ring is 1. The van der Waals surface area contributed by atoms with E-state index in [-0.39, 0.29) is 5.88 Å². The summed E-state index contributed by atoms with van der Waals surface area (Å²) in [5.74, 6) is 0.299. The van der Waals surface area contributed by atoms with Crippen LogP contribution in [0.2, 0.25) is 0 Å². The summed E-state index contributed by atoms with van der Waals surface area (Å²) in [5.41, 5.74) is 6.96. The Balaban J connectivity index is 2.28. The van der Waals surface area contributed by atoms with Crippen molar-refractivity contribution in [3.63, 3.8) is 0 Å². The minimum Gasteiger partial charge on any atom is -0.493 e. The highest BCUT2D eigenvalue weighted by Gasteiger charge is 2.09. The zero-order valence-electron chi connectivity index (χ0n) is 8.65. The predicted molar refractivity (Wildman–Crippen MR) is 60.5 cm³/mol.